The van der Waals surface area contributed by atoms with Crippen molar-refractivity contribution in [2.75, 3.05) is 0 Å². The molecule has 204 valence electrons. The van der Waals surface area contributed by atoms with Crippen LogP contribution in [0.1, 0.15) is 67.2 Å². The Morgan fingerprint density at radius 1 is 0.949 bits per heavy atom. The van der Waals surface area contributed by atoms with Crippen molar-refractivity contribution < 1.29 is 14.7 Å². The van der Waals surface area contributed by atoms with E-state index in [2.05, 4.69) is 63.0 Å². The van der Waals surface area contributed by atoms with Crippen molar-refractivity contribution in [3.63, 3.8) is 0 Å². The summed E-state index contributed by atoms with van der Waals surface area (Å²) in [5, 5.41) is 10.8. The van der Waals surface area contributed by atoms with E-state index in [1.165, 1.54) is 17.2 Å². The molecule has 0 heterocycles. The fourth-order valence-electron chi connectivity index (χ4n) is 4.00. The molecule has 0 spiro atoms. The van der Waals surface area contributed by atoms with Gasteiger partial charge in [-0.15, -0.1) is 5.73 Å². The quantitative estimate of drug-likeness (QED) is 0.178. The molecule has 2 aliphatic carbocycles. The highest BCUT2D eigenvalue weighted by Crippen LogP contribution is 2.31. The van der Waals surface area contributed by atoms with E-state index in [0.717, 1.165) is 23.1 Å². The maximum Gasteiger partial charge on any atom is 0.161 e. The third-order valence-electron chi connectivity index (χ3n) is 6.80. The van der Waals surface area contributed by atoms with Gasteiger partial charge in [-0.3, -0.25) is 9.59 Å². The van der Waals surface area contributed by atoms with Gasteiger partial charge < -0.3 is 5.11 Å². The van der Waals surface area contributed by atoms with Crippen molar-refractivity contribution in [1.82, 2.24) is 0 Å². The third kappa shape index (κ3) is 11.2. The number of hydrogen-bond donors (Lipinski definition) is 1. The molecule has 0 aromatic rings. The van der Waals surface area contributed by atoms with Crippen LogP contribution in [-0.2, 0) is 9.59 Å². The molecule has 0 radical (unpaired) electrons. The van der Waals surface area contributed by atoms with E-state index in [9.17, 15) is 14.7 Å². The fourth-order valence-corrected chi connectivity index (χ4v) is 4.00. The first-order valence-corrected chi connectivity index (χ1v) is 13.5. The summed E-state index contributed by atoms with van der Waals surface area (Å²) in [4.78, 5) is 24.1. The predicted octanol–water partition coefficient (Wildman–Crippen LogP) is 8.43. The highest BCUT2D eigenvalue weighted by atomic mass is 16.3. The summed E-state index contributed by atoms with van der Waals surface area (Å²) in [5.74, 6) is -0.116. The fraction of sp³-hybridized carbons (Fsp3) is 0.306. The van der Waals surface area contributed by atoms with Crippen LogP contribution in [0.3, 0.4) is 0 Å². The molecule has 2 rings (SSSR count). The maximum absolute atomic E-state index is 12.6. The lowest BCUT2D eigenvalue weighted by Gasteiger charge is -2.31. The Hall–Kier alpha value is -3.78. The topological polar surface area (TPSA) is 54.4 Å². The second kappa shape index (κ2) is 15.6. The summed E-state index contributed by atoms with van der Waals surface area (Å²) in [6.45, 7) is 11.7. The number of aliphatic hydroxyl groups is 1. The summed E-state index contributed by atoms with van der Waals surface area (Å²) >= 11 is 0. The summed E-state index contributed by atoms with van der Waals surface area (Å²) in [5.41, 5.74) is 9.15. The van der Waals surface area contributed by atoms with Gasteiger partial charge in [-0.25, -0.2) is 0 Å². The van der Waals surface area contributed by atoms with Crippen molar-refractivity contribution in [1.29, 1.82) is 0 Å². The molecule has 1 unspecified atom stereocenters. The number of hydrogen-bond acceptors (Lipinski definition) is 3. The van der Waals surface area contributed by atoms with Gasteiger partial charge in [0.15, 0.2) is 11.6 Å². The Bertz CT molecular complexity index is 1320. The van der Waals surface area contributed by atoms with Crippen molar-refractivity contribution in [2.45, 2.75) is 72.8 Å². The Morgan fingerprint density at radius 2 is 1.56 bits per heavy atom. The molecule has 0 saturated carbocycles. The molecule has 2 aliphatic rings. The molecule has 0 aromatic heterocycles. The zero-order chi connectivity index (χ0) is 28.8. The van der Waals surface area contributed by atoms with Gasteiger partial charge in [0.2, 0.25) is 0 Å². The van der Waals surface area contributed by atoms with E-state index in [4.69, 9.17) is 0 Å². The van der Waals surface area contributed by atoms with Gasteiger partial charge in [-0.1, -0.05) is 90.1 Å². The first-order valence-electron chi connectivity index (χ1n) is 13.5. The molecule has 0 amide bonds. The van der Waals surface area contributed by atoms with Crippen LogP contribution in [0.2, 0.25) is 0 Å². The molecule has 3 nitrogen and oxygen atoms in total. The Morgan fingerprint density at radius 3 is 2.18 bits per heavy atom. The van der Waals surface area contributed by atoms with Gasteiger partial charge in [0.05, 0.1) is 5.60 Å². The van der Waals surface area contributed by atoms with Crippen molar-refractivity contribution >= 4 is 11.6 Å². The van der Waals surface area contributed by atoms with Crippen LogP contribution in [0, 0.1) is 0 Å². The lowest BCUT2D eigenvalue weighted by atomic mass is 9.79. The molecule has 1 atom stereocenters. The van der Waals surface area contributed by atoms with E-state index in [1.54, 1.807) is 19.9 Å². The summed E-state index contributed by atoms with van der Waals surface area (Å²) < 4.78 is 0. The standard InChI is InChI=1S/C36H42O3/c1-27(15-11-16-29(3)21-22-33-20-10-9-18-30(33)4)13-7-8-14-28(2)17-12-19-31(5)35(38)26-36(39)24-23-34(37)25-32(36)6/h7-19,21,25,39H,20,23-24,26H2,1-6H3/b8-7+,15-11+,17-12+,27-13+,28-14+,29-16+,31-19+. The number of carbonyl (C=O) groups is 2. The smallest absolute Gasteiger partial charge is 0.161 e. The number of carbonyl (C=O) groups excluding carboxylic acids is 2. The van der Waals surface area contributed by atoms with E-state index in [1.807, 2.05) is 49.5 Å². The monoisotopic (exact) mass is 522 g/mol. The Labute approximate surface area is 234 Å². The Kier molecular flexibility index (Phi) is 12.6. The zero-order valence-corrected chi connectivity index (χ0v) is 24.3. The van der Waals surface area contributed by atoms with Crippen molar-refractivity contribution in [2.24, 2.45) is 0 Å². The highest BCUT2D eigenvalue weighted by molar-refractivity contribution is 5.97. The molecular formula is C36H42O3. The van der Waals surface area contributed by atoms with Gasteiger partial charge in [0, 0.05) is 18.4 Å². The third-order valence-corrected chi connectivity index (χ3v) is 6.80. The number of rotatable bonds is 10. The lowest BCUT2D eigenvalue weighted by molar-refractivity contribution is -0.122. The molecule has 0 aliphatic heterocycles. The summed E-state index contributed by atoms with van der Waals surface area (Å²) in [6, 6.07) is 0. The predicted molar refractivity (Wildman–Crippen MR) is 164 cm³/mol. The lowest BCUT2D eigenvalue weighted by Crippen LogP contribution is -2.36. The van der Waals surface area contributed by atoms with Crippen LogP contribution in [0.5, 0.6) is 0 Å². The highest BCUT2D eigenvalue weighted by Gasteiger charge is 2.35. The van der Waals surface area contributed by atoms with Gasteiger partial charge >= 0.3 is 0 Å². The van der Waals surface area contributed by atoms with Crippen LogP contribution in [-0.4, -0.2) is 22.3 Å². The zero-order valence-electron chi connectivity index (χ0n) is 24.3. The molecule has 0 bridgehead atoms. The minimum absolute atomic E-state index is 0.00294. The largest absolute Gasteiger partial charge is 0.385 e. The molecule has 0 saturated heterocycles. The molecular weight excluding hydrogens is 480 g/mol. The number of Topliss-reactive ketones (excluding diaryl/α,β-unsaturated/α-hetero) is 1. The van der Waals surface area contributed by atoms with Gasteiger partial charge in [0.1, 0.15) is 0 Å². The van der Waals surface area contributed by atoms with E-state index in [-0.39, 0.29) is 24.4 Å². The molecule has 0 fully saturated rings. The molecule has 3 heteroatoms. The molecule has 0 aromatic carbocycles. The second-order valence-corrected chi connectivity index (χ2v) is 10.4. The summed E-state index contributed by atoms with van der Waals surface area (Å²) in [6.07, 6.45) is 31.1. The van der Waals surface area contributed by atoms with Gasteiger partial charge in [0.25, 0.3) is 0 Å². The van der Waals surface area contributed by atoms with Crippen LogP contribution < -0.4 is 0 Å². The molecule has 39 heavy (non-hydrogen) atoms. The Balaban J connectivity index is 1.87. The van der Waals surface area contributed by atoms with Crippen LogP contribution in [0.15, 0.2) is 136 Å². The minimum Gasteiger partial charge on any atom is -0.385 e. The SMILES string of the molecule is CC1=CC=CCC1=C=C/C(C)=C/C=C/C(C)=C/C=C/C=C(C)/C=C/C=C(\C)C(=O)CC1(O)CCC(=O)C=C1C. The average Bonchev–Trinajstić information content (AvgIpc) is 2.88. The van der Waals surface area contributed by atoms with E-state index >= 15 is 0 Å². The second-order valence-electron chi connectivity index (χ2n) is 10.4. The van der Waals surface area contributed by atoms with Crippen LogP contribution in [0.25, 0.3) is 0 Å². The van der Waals surface area contributed by atoms with Crippen LogP contribution >= 0.6 is 0 Å². The van der Waals surface area contributed by atoms with Crippen molar-refractivity contribution in [3.05, 3.63) is 136 Å². The van der Waals surface area contributed by atoms with E-state index in [0.29, 0.717) is 17.6 Å². The number of ketones is 2. The van der Waals surface area contributed by atoms with Crippen molar-refractivity contribution in [3.8, 4) is 0 Å². The van der Waals surface area contributed by atoms with Gasteiger partial charge in [-0.05, 0) is 88.8 Å². The first-order chi connectivity index (χ1) is 18.5. The van der Waals surface area contributed by atoms with E-state index < -0.39 is 5.60 Å². The van der Waals surface area contributed by atoms with Gasteiger partial charge in [-0.2, -0.15) is 0 Å². The minimum atomic E-state index is -1.22. The summed E-state index contributed by atoms with van der Waals surface area (Å²) in [7, 11) is 0. The normalized spacial score (nSPS) is 21.6. The van der Waals surface area contributed by atoms with Crippen LogP contribution in [0.4, 0.5) is 0 Å². The average molecular weight is 523 g/mol. The maximum atomic E-state index is 12.6. The first kappa shape index (κ1) is 31.4. The number of allylic oxidation sites excluding steroid dienone is 20. The molecule has 1 N–H and O–H groups in total.